The van der Waals surface area contributed by atoms with E-state index in [0.717, 1.165) is 11.1 Å². The predicted molar refractivity (Wildman–Crippen MR) is 31.7 cm³/mol. The fourth-order valence-electron chi connectivity index (χ4n) is 0. The highest BCUT2D eigenvalue weighted by Crippen LogP contribution is 2.09. The average molecular weight is 208 g/mol. The molecule has 0 N–H and O–H groups in total. The molecular weight excluding hydrogens is 207 g/mol. The third-order valence-corrected chi connectivity index (χ3v) is 1.70. The Morgan fingerprint density at radius 3 is 2.25 bits per heavy atom. The lowest BCUT2D eigenvalue weighted by Crippen LogP contribution is -1.26. The lowest BCUT2D eigenvalue weighted by atomic mass is 15.9. The second kappa shape index (κ2) is 4.39. The minimum atomic E-state index is 1.04. The van der Waals surface area contributed by atoms with Crippen LogP contribution in [0.3, 0.4) is 0 Å². The van der Waals surface area contributed by atoms with E-state index in [0.29, 0.717) is 0 Å². The summed E-state index contributed by atoms with van der Waals surface area (Å²) < 4.78 is 4.29. The van der Waals surface area contributed by atoms with Gasteiger partial charge in [-0.1, -0.05) is 11.7 Å². The van der Waals surface area contributed by atoms with E-state index in [2.05, 4.69) is 14.2 Å². The molecular formula is HIOS2. The highest BCUT2D eigenvalue weighted by Gasteiger charge is 1.57. The van der Waals surface area contributed by atoms with Gasteiger partial charge < -0.3 is 0 Å². The zero-order valence-corrected chi connectivity index (χ0v) is 5.51. The zero-order chi connectivity index (χ0) is 3.41. The summed E-state index contributed by atoms with van der Waals surface area (Å²) in [6, 6.07) is 0. The Labute approximate surface area is 48.2 Å². The maximum atomic E-state index is 4.29. The van der Waals surface area contributed by atoms with E-state index in [1.54, 1.807) is 23.0 Å². The lowest BCUT2D eigenvalue weighted by molar-refractivity contribution is 0.857. The number of rotatable bonds is 1. The molecule has 0 aliphatic heterocycles. The van der Waals surface area contributed by atoms with Crippen LogP contribution in [0, 0.1) is 0 Å². The highest BCUT2D eigenvalue weighted by atomic mass is 127. The van der Waals surface area contributed by atoms with Crippen molar-refractivity contribution in [1.82, 2.24) is 0 Å². The van der Waals surface area contributed by atoms with Crippen molar-refractivity contribution >= 4 is 45.7 Å². The minimum absolute atomic E-state index is 1.04. The first-order valence-electron chi connectivity index (χ1n) is 0.504. The smallest absolute Gasteiger partial charge is 0.128 e. The van der Waals surface area contributed by atoms with Crippen LogP contribution in [0.1, 0.15) is 0 Å². The fraction of sp³-hybridized carbons (Fsp3) is 0. The van der Waals surface area contributed by atoms with Crippen LogP contribution in [-0.2, 0) is 2.51 Å². The van der Waals surface area contributed by atoms with Crippen LogP contribution in [0.25, 0.3) is 0 Å². The number of thiol groups is 1. The van der Waals surface area contributed by atoms with Gasteiger partial charge >= 0.3 is 0 Å². The molecule has 4 heteroatoms. The maximum absolute atomic E-state index is 4.29. The monoisotopic (exact) mass is 208 g/mol. The van der Waals surface area contributed by atoms with Gasteiger partial charge in [-0.05, 0) is 0 Å². The van der Waals surface area contributed by atoms with Gasteiger partial charge in [-0.15, -0.1) is 0 Å². The number of hydrogen-bond donors (Lipinski definition) is 1. The first kappa shape index (κ1) is 5.39. The Balaban J connectivity index is 1.97. The van der Waals surface area contributed by atoms with Gasteiger partial charge in [-0.25, -0.2) is 2.51 Å². The molecule has 0 aromatic rings. The first-order valence-corrected chi connectivity index (χ1v) is 3.18. The van der Waals surface area contributed by atoms with Gasteiger partial charge in [0.2, 0.25) is 0 Å². The number of halogens is 1. The molecule has 0 aliphatic carbocycles. The summed E-state index contributed by atoms with van der Waals surface area (Å²) in [5.41, 5.74) is 0. The predicted octanol–water partition coefficient (Wildman–Crippen LogP) is 1.85. The average Bonchev–Trinajstić information content (AvgIpc) is 1.37. The van der Waals surface area contributed by atoms with Gasteiger partial charge in [0, 0.05) is 0 Å². The van der Waals surface area contributed by atoms with Crippen LogP contribution < -0.4 is 0 Å². The van der Waals surface area contributed by atoms with Crippen molar-refractivity contribution in [2.75, 3.05) is 0 Å². The van der Waals surface area contributed by atoms with Crippen LogP contribution >= 0.6 is 45.7 Å². The van der Waals surface area contributed by atoms with E-state index in [4.69, 9.17) is 0 Å². The van der Waals surface area contributed by atoms with Crippen molar-refractivity contribution in [2.24, 2.45) is 0 Å². The molecule has 26 valence electrons. The molecule has 0 amide bonds. The Morgan fingerprint density at radius 1 is 2.00 bits per heavy atom. The van der Waals surface area contributed by atoms with Crippen LogP contribution in [0.15, 0.2) is 0 Å². The van der Waals surface area contributed by atoms with Crippen molar-refractivity contribution in [3.63, 3.8) is 0 Å². The van der Waals surface area contributed by atoms with Gasteiger partial charge in [0.25, 0.3) is 0 Å². The van der Waals surface area contributed by atoms with Gasteiger partial charge in [0.1, 0.15) is 23.0 Å². The minimum Gasteiger partial charge on any atom is -0.236 e. The molecule has 0 aromatic heterocycles. The van der Waals surface area contributed by atoms with Gasteiger partial charge in [-0.3, -0.25) is 0 Å². The molecule has 0 bridgehead atoms. The first-order chi connectivity index (χ1) is 1.91. The normalized spacial score (nSPS) is 7.50. The van der Waals surface area contributed by atoms with E-state index >= 15 is 0 Å². The molecule has 1 nitrogen and oxygen atoms in total. The van der Waals surface area contributed by atoms with E-state index in [1.807, 2.05) is 0 Å². The molecule has 0 rings (SSSR count). The van der Waals surface area contributed by atoms with Crippen LogP contribution in [-0.4, -0.2) is 0 Å². The summed E-state index contributed by atoms with van der Waals surface area (Å²) in [5, 5.41) is 0. The molecule has 0 atom stereocenters. The van der Waals surface area contributed by atoms with Crippen molar-refractivity contribution in [3.05, 3.63) is 0 Å². The third kappa shape index (κ3) is 3.39. The molecule has 0 aliphatic rings. The molecule has 4 heavy (non-hydrogen) atoms. The standard InChI is InChI=1S/HIOS2/c1-2-4-3/h3H. The molecule has 0 saturated heterocycles. The fourth-order valence-corrected chi connectivity index (χ4v) is 0. The zero-order valence-electron chi connectivity index (χ0n) is 1.64. The molecule has 0 aromatic carbocycles. The topological polar surface area (TPSA) is 9.23 Å². The maximum Gasteiger partial charge on any atom is 0.128 e. The molecule has 0 fully saturated rings. The second-order valence-electron chi connectivity index (χ2n) is 0.138. The van der Waals surface area contributed by atoms with E-state index in [-0.39, 0.29) is 0 Å². The van der Waals surface area contributed by atoms with Crippen LogP contribution in [0.2, 0.25) is 0 Å². The summed E-state index contributed by atoms with van der Waals surface area (Å²) in [5.74, 6) is 0. The quantitative estimate of drug-likeness (QED) is 0.304. The van der Waals surface area contributed by atoms with Crippen molar-refractivity contribution in [2.45, 2.75) is 0 Å². The van der Waals surface area contributed by atoms with Gasteiger partial charge in [0.15, 0.2) is 0 Å². The summed E-state index contributed by atoms with van der Waals surface area (Å²) in [6.07, 6.45) is 0. The lowest BCUT2D eigenvalue weighted by Gasteiger charge is -1.68. The van der Waals surface area contributed by atoms with Gasteiger partial charge in [0.05, 0.1) is 11.1 Å². The summed E-state index contributed by atoms with van der Waals surface area (Å²) >= 11 is 6.38. The summed E-state index contributed by atoms with van der Waals surface area (Å²) in [7, 11) is 0. The Bertz CT molecular complexity index is 8.00. The molecule has 0 unspecified atom stereocenters. The van der Waals surface area contributed by atoms with Crippen LogP contribution in [0.4, 0.5) is 0 Å². The largest absolute Gasteiger partial charge is 0.236 e. The van der Waals surface area contributed by atoms with E-state index in [9.17, 15) is 0 Å². The molecule has 0 saturated carbocycles. The SMILES string of the molecule is SSOI. The van der Waals surface area contributed by atoms with E-state index in [1.165, 1.54) is 0 Å². The molecule has 0 spiro atoms. The molecule has 0 radical (unpaired) electrons. The summed E-state index contributed by atoms with van der Waals surface area (Å²) in [6.45, 7) is 0. The highest BCUT2D eigenvalue weighted by molar-refractivity contribution is 14.1. The Morgan fingerprint density at radius 2 is 2.25 bits per heavy atom. The third-order valence-electron chi connectivity index (χ3n) is 0.0282. The summed E-state index contributed by atoms with van der Waals surface area (Å²) in [4.78, 5) is 0. The second-order valence-corrected chi connectivity index (χ2v) is 1.94. The van der Waals surface area contributed by atoms with E-state index < -0.39 is 0 Å². The van der Waals surface area contributed by atoms with Crippen LogP contribution in [0.5, 0.6) is 0 Å². The van der Waals surface area contributed by atoms with Gasteiger partial charge in [-0.2, -0.15) is 0 Å². The Kier molecular flexibility index (Phi) is 5.92. The number of hydrogen-bond acceptors (Lipinski definition) is 3. The van der Waals surface area contributed by atoms with Crippen molar-refractivity contribution in [3.8, 4) is 0 Å². The van der Waals surface area contributed by atoms with Crippen molar-refractivity contribution < 1.29 is 2.51 Å². The van der Waals surface area contributed by atoms with Crippen molar-refractivity contribution in [1.29, 1.82) is 0 Å². The molecule has 0 heterocycles. The Hall–Kier alpha value is 1.39.